The second-order valence-corrected chi connectivity index (χ2v) is 12.2. The zero-order chi connectivity index (χ0) is 35.2. The van der Waals surface area contributed by atoms with Gasteiger partial charge in [0, 0.05) is 14.7 Å². The van der Waals surface area contributed by atoms with Gasteiger partial charge in [-0.3, -0.25) is 14.4 Å². The van der Waals surface area contributed by atoms with Gasteiger partial charge in [-0.15, -0.1) is 37.9 Å². The quantitative estimate of drug-likeness (QED) is 0.0538. The van der Waals surface area contributed by atoms with Gasteiger partial charge in [0.05, 0.1) is 17.8 Å². The Kier molecular flexibility index (Phi) is 22.7. The molecule has 0 fully saturated rings. The van der Waals surface area contributed by atoms with E-state index in [0.29, 0.717) is 6.42 Å². The van der Waals surface area contributed by atoms with Gasteiger partial charge in [0.1, 0.15) is 0 Å². The normalized spacial score (nSPS) is 12.1. The molecule has 8 nitrogen and oxygen atoms in total. The zero-order valence-corrected chi connectivity index (χ0v) is 29.5. The van der Waals surface area contributed by atoms with Gasteiger partial charge in [0.15, 0.2) is 6.29 Å². The summed E-state index contributed by atoms with van der Waals surface area (Å²) in [5, 5.41) is 43.0. The van der Waals surface area contributed by atoms with Crippen molar-refractivity contribution >= 4 is 55.8 Å². The van der Waals surface area contributed by atoms with Crippen LogP contribution in [0.1, 0.15) is 101 Å². The molecule has 0 saturated heterocycles. The third-order valence-corrected chi connectivity index (χ3v) is 7.62. The fourth-order valence-electron chi connectivity index (χ4n) is 3.74. The van der Waals surface area contributed by atoms with Crippen molar-refractivity contribution in [2.45, 2.75) is 105 Å². The maximum Gasteiger partial charge on any atom is 0.310 e. The maximum absolute atomic E-state index is 10.6. The number of unbranched alkanes of at least 4 members (excludes halogenated alkanes) is 4. The Morgan fingerprint density at radius 2 is 0.870 bits per heavy atom. The number of thiol groups is 3. The topological polar surface area (TPSA) is 152 Å². The molecule has 0 aliphatic rings. The third-order valence-electron chi connectivity index (χ3n) is 6.79. The van der Waals surface area contributed by atoms with Gasteiger partial charge in [-0.05, 0) is 86.7 Å². The van der Waals surface area contributed by atoms with Crippen LogP contribution in [-0.4, -0.2) is 49.7 Å². The van der Waals surface area contributed by atoms with Crippen LogP contribution < -0.4 is 0 Å². The summed E-state index contributed by atoms with van der Waals surface area (Å²) in [4.78, 5) is 34.1. The van der Waals surface area contributed by atoms with Gasteiger partial charge < -0.3 is 25.5 Å². The van der Waals surface area contributed by atoms with Gasteiger partial charge in [-0.25, -0.2) is 0 Å². The summed E-state index contributed by atoms with van der Waals surface area (Å²) < 4.78 is 0. The van der Waals surface area contributed by atoms with E-state index >= 15 is 0 Å². The minimum Gasteiger partial charge on any atom is -0.481 e. The molecule has 0 amide bonds. The van der Waals surface area contributed by atoms with Gasteiger partial charge in [0.2, 0.25) is 0 Å². The summed E-state index contributed by atoms with van der Waals surface area (Å²) in [7, 11) is 0. The highest BCUT2D eigenvalue weighted by atomic mass is 32.1. The van der Waals surface area contributed by atoms with Crippen molar-refractivity contribution in [2.24, 2.45) is 0 Å². The Hall–Kier alpha value is -2.96. The molecule has 3 rings (SSSR count). The molecular formula is C35H48O8S3. The minimum absolute atomic E-state index is 0.461. The van der Waals surface area contributed by atoms with Crippen LogP contribution in [0.4, 0.5) is 0 Å². The molecular weight excluding hydrogens is 645 g/mol. The van der Waals surface area contributed by atoms with Crippen molar-refractivity contribution in [3.05, 3.63) is 89.5 Å². The highest BCUT2D eigenvalue weighted by Gasteiger charge is 2.14. The lowest BCUT2D eigenvalue weighted by Crippen LogP contribution is -2.06. The number of benzene rings is 3. The molecule has 0 heterocycles. The predicted octanol–water partition coefficient (Wildman–Crippen LogP) is 8.15. The highest BCUT2D eigenvalue weighted by Crippen LogP contribution is 2.20. The fourth-order valence-corrected chi connectivity index (χ4v) is 4.45. The molecule has 3 atom stereocenters. The Morgan fingerprint density at radius 3 is 1.11 bits per heavy atom. The lowest BCUT2D eigenvalue weighted by Gasteiger charge is -2.05. The molecule has 3 unspecified atom stereocenters. The van der Waals surface area contributed by atoms with Gasteiger partial charge in [-0.2, -0.15) is 0 Å². The molecule has 5 N–H and O–H groups in total. The minimum atomic E-state index is -1.10. The lowest BCUT2D eigenvalue weighted by atomic mass is 10.0. The Bertz CT molecular complexity index is 1190. The number of hydrogen-bond acceptors (Lipinski definition) is 8. The van der Waals surface area contributed by atoms with Crippen molar-refractivity contribution in [3.8, 4) is 0 Å². The highest BCUT2D eigenvalue weighted by molar-refractivity contribution is 7.80. The largest absolute Gasteiger partial charge is 0.481 e. The van der Waals surface area contributed by atoms with E-state index in [1.54, 1.807) is 75.4 Å². The van der Waals surface area contributed by atoms with Crippen LogP contribution in [0.2, 0.25) is 0 Å². The molecule has 0 radical (unpaired) electrons. The predicted molar refractivity (Wildman–Crippen MR) is 191 cm³/mol. The Balaban J connectivity index is 0.000000589. The number of carboxylic acids is 3. The number of carboxylic acid groups (broad SMARTS) is 3. The molecule has 0 spiro atoms. The number of carbonyl (C=O) groups is 3. The van der Waals surface area contributed by atoms with Crippen molar-refractivity contribution in [2.75, 3.05) is 0 Å². The van der Waals surface area contributed by atoms with E-state index in [0.717, 1.165) is 44.2 Å². The molecule has 3 aromatic carbocycles. The van der Waals surface area contributed by atoms with E-state index in [2.05, 4.69) is 44.8 Å². The van der Waals surface area contributed by atoms with Crippen LogP contribution in [0.15, 0.2) is 87.5 Å². The number of aliphatic hydroxyl groups is 2. The van der Waals surface area contributed by atoms with E-state index in [4.69, 9.17) is 25.5 Å². The van der Waals surface area contributed by atoms with Gasteiger partial charge in [-0.1, -0.05) is 69.0 Å². The van der Waals surface area contributed by atoms with Crippen LogP contribution in [0.5, 0.6) is 0 Å². The van der Waals surface area contributed by atoms with E-state index in [1.807, 2.05) is 18.2 Å². The van der Waals surface area contributed by atoms with E-state index in [1.165, 1.54) is 19.3 Å². The second-order valence-electron chi connectivity index (χ2n) is 10.6. The van der Waals surface area contributed by atoms with Crippen LogP contribution in [0.3, 0.4) is 0 Å². The van der Waals surface area contributed by atoms with E-state index in [9.17, 15) is 14.4 Å². The molecule has 46 heavy (non-hydrogen) atoms. The fraction of sp³-hybridized carbons (Fsp3) is 0.400. The maximum atomic E-state index is 10.6. The molecule has 0 aliphatic heterocycles. The number of hydrogen-bond donors (Lipinski definition) is 8. The number of aliphatic hydroxyl groups excluding tert-OH is 1. The first kappa shape index (κ1) is 43.0. The molecule has 3 aromatic rings. The number of aliphatic carboxylic acids is 3. The molecule has 11 heteroatoms. The smallest absolute Gasteiger partial charge is 0.310 e. The van der Waals surface area contributed by atoms with Crippen molar-refractivity contribution in [1.82, 2.24) is 0 Å². The summed E-state index contributed by atoms with van der Waals surface area (Å²) in [6.45, 7) is 7.14. The summed E-state index contributed by atoms with van der Waals surface area (Å²) in [5.41, 5.74) is 2.36. The van der Waals surface area contributed by atoms with E-state index in [-0.39, 0.29) is 0 Å². The Morgan fingerprint density at radius 1 is 0.565 bits per heavy atom. The van der Waals surface area contributed by atoms with Crippen LogP contribution in [-0.2, 0) is 14.4 Å². The monoisotopic (exact) mass is 692 g/mol. The summed E-state index contributed by atoms with van der Waals surface area (Å²) in [6.07, 6.45) is 5.24. The van der Waals surface area contributed by atoms with Crippen LogP contribution >= 0.6 is 37.9 Å². The number of rotatable bonds is 12. The van der Waals surface area contributed by atoms with Crippen molar-refractivity contribution < 1.29 is 39.9 Å². The van der Waals surface area contributed by atoms with Gasteiger partial charge in [0.25, 0.3) is 0 Å². The molecule has 0 bridgehead atoms. The van der Waals surface area contributed by atoms with Crippen LogP contribution in [0.25, 0.3) is 0 Å². The van der Waals surface area contributed by atoms with Gasteiger partial charge >= 0.3 is 17.9 Å². The van der Waals surface area contributed by atoms with Crippen LogP contribution in [0, 0.1) is 0 Å². The summed E-state index contributed by atoms with van der Waals surface area (Å²) in [6, 6.07) is 21.5. The summed E-state index contributed by atoms with van der Waals surface area (Å²) >= 11 is 12.4. The third kappa shape index (κ3) is 19.5. The first-order valence-corrected chi connectivity index (χ1v) is 16.4. The average molecular weight is 693 g/mol. The summed E-state index contributed by atoms with van der Waals surface area (Å²) in [5.74, 6) is -3.82. The van der Waals surface area contributed by atoms with Crippen molar-refractivity contribution in [1.29, 1.82) is 0 Å². The molecule has 0 aromatic heterocycles. The first-order valence-electron chi connectivity index (χ1n) is 15.0. The van der Waals surface area contributed by atoms with Crippen molar-refractivity contribution in [3.63, 3.8) is 0 Å². The lowest BCUT2D eigenvalue weighted by molar-refractivity contribution is -0.139. The zero-order valence-electron chi connectivity index (χ0n) is 26.8. The average Bonchev–Trinajstić information content (AvgIpc) is 3.00. The first-order chi connectivity index (χ1) is 21.6. The molecule has 0 saturated carbocycles. The second kappa shape index (κ2) is 24.2. The SMILES string of the molecule is CC(C(=O)O)c1cccc(S)c1.CC(C(=O)O)c1cccc(S)c1.CC(C(=O)O)c1cccc(S)c1.CCCCCCCC(O)O. The molecule has 254 valence electrons. The molecule has 0 aliphatic carbocycles. The Labute approximate surface area is 289 Å². The van der Waals surface area contributed by atoms with E-state index < -0.39 is 42.0 Å². The standard InChI is InChI=1S/3C9H10O2S.C8H18O2/c3*1-6(9(10)11)7-3-2-4-8(12)5-7;1-2-3-4-5-6-7-8(9)10/h3*2-6,12H,1H3,(H,10,11);8-10H,2-7H2,1H3.